The summed E-state index contributed by atoms with van der Waals surface area (Å²) in [5, 5.41) is 13.9. The van der Waals surface area contributed by atoms with Crippen LogP contribution in [0.3, 0.4) is 0 Å². The van der Waals surface area contributed by atoms with E-state index in [1.54, 1.807) is 38.1 Å². The molecule has 3 rings (SSSR count). The van der Waals surface area contributed by atoms with Gasteiger partial charge in [-0.15, -0.1) is 0 Å². The monoisotopic (exact) mass is 417 g/mol. The number of amides is 1. The molecule has 0 bridgehead atoms. The van der Waals surface area contributed by atoms with Gasteiger partial charge in [0.1, 0.15) is 0 Å². The van der Waals surface area contributed by atoms with Crippen LogP contribution in [0.4, 0.5) is 0 Å². The van der Waals surface area contributed by atoms with Crippen LogP contribution < -0.4 is 5.43 Å². The first-order valence-corrected chi connectivity index (χ1v) is 9.82. The number of aliphatic hydroxyl groups is 1. The molecule has 0 saturated carbocycles. The second kappa shape index (κ2) is 10.3. The van der Waals surface area contributed by atoms with Crippen molar-refractivity contribution >= 4 is 18.1 Å². The fourth-order valence-electron chi connectivity index (χ4n) is 3.23. The van der Waals surface area contributed by atoms with Gasteiger partial charge in [0.2, 0.25) is 0 Å². The van der Waals surface area contributed by atoms with Crippen LogP contribution in [-0.2, 0) is 11.3 Å². The van der Waals surface area contributed by atoms with Crippen molar-refractivity contribution in [2.24, 2.45) is 5.10 Å². The number of aryl methyl sites for hydroxylation is 1. The van der Waals surface area contributed by atoms with Crippen molar-refractivity contribution in [2.45, 2.75) is 20.5 Å². The molecule has 0 aliphatic carbocycles. The molecule has 158 valence electrons. The first-order chi connectivity index (χ1) is 15.1. The molecule has 0 unspecified atom stereocenters. The number of pyridine rings is 1. The van der Waals surface area contributed by atoms with Gasteiger partial charge in [-0.05, 0) is 25.0 Å². The molecule has 0 atom stereocenters. The van der Waals surface area contributed by atoms with E-state index in [-0.39, 0.29) is 23.4 Å². The summed E-state index contributed by atoms with van der Waals surface area (Å²) in [6, 6.07) is 18.3. The second-order valence-corrected chi connectivity index (χ2v) is 6.62. The zero-order chi connectivity index (χ0) is 22.2. The lowest BCUT2D eigenvalue weighted by Crippen LogP contribution is -2.24. The molecule has 3 aromatic rings. The SMILES string of the molecule is CCOC(=O)c1c(C)nc(CO)c(C(=O)N/N=C/c2ccccc2)c1-c1ccccc1. The summed E-state index contributed by atoms with van der Waals surface area (Å²) < 4.78 is 5.22. The van der Waals surface area contributed by atoms with Crippen molar-refractivity contribution in [1.29, 1.82) is 0 Å². The highest BCUT2D eigenvalue weighted by Crippen LogP contribution is 2.32. The fraction of sp³-hybridized carbons (Fsp3) is 0.167. The van der Waals surface area contributed by atoms with E-state index in [1.165, 1.54) is 6.21 Å². The largest absolute Gasteiger partial charge is 0.462 e. The van der Waals surface area contributed by atoms with Crippen LogP contribution in [-0.4, -0.2) is 34.8 Å². The highest BCUT2D eigenvalue weighted by atomic mass is 16.5. The Labute approximate surface area is 180 Å². The van der Waals surface area contributed by atoms with Crippen molar-refractivity contribution in [3.05, 3.63) is 88.7 Å². The molecule has 1 heterocycles. The van der Waals surface area contributed by atoms with Crippen molar-refractivity contribution in [2.75, 3.05) is 6.61 Å². The molecule has 0 aliphatic rings. The lowest BCUT2D eigenvalue weighted by Gasteiger charge is -2.18. The summed E-state index contributed by atoms with van der Waals surface area (Å²) in [6.07, 6.45) is 1.51. The van der Waals surface area contributed by atoms with Crippen LogP contribution >= 0.6 is 0 Å². The van der Waals surface area contributed by atoms with Crippen LogP contribution in [0, 0.1) is 6.92 Å². The van der Waals surface area contributed by atoms with Crippen LogP contribution in [0.1, 0.15) is 44.6 Å². The molecular weight excluding hydrogens is 394 g/mol. The number of hydrazone groups is 1. The Morgan fingerprint density at radius 3 is 2.32 bits per heavy atom. The molecule has 1 amide bonds. The van der Waals surface area contributed by atoms with E-state index < -0.39 is 18.5 Å². The molecule has 0 saturated heterocycles. The Bertz CT molecular complexity index is 1100. The van der Waals surface area contributed by atoms with Gasteiger partial charge in [-0.2, -0.15) is 5.10 Å². The summed E-state index contributed by atoms with van der Waals surface area (Å²) in [7, 11) is 0. The van der Waals surface area contributed by atoms with E-state index in [0.717, 1.165) is 5.56 Å². The summed E-state index contributed by atoms with van der Waals surface area (Å²) in [5.74, 6) is -1.18. The molecule has 1 aromatic heterocycles. The molecule has 31 heavy (non-hydrogen) atoms. The third kappa shape index (κ3) is 5.02. The van der Waals surface area contributed by atoms with Crippen LogP contribution in [0.5, 0.6) is 0 Å². The third-order valence-corrected chi connectivity index (χ3v) is 4.55. The minimum atomic E-state index is -0.590. The van der Waals surface area contributed by atoms with Gasteiger partial charge >= 0.3 is 5.97 Å². The lowest BCUT2D eigenvalue weighted by atomic mass is 9.92. The van der Waals surface area contributed by atoms with Crippen molar-refractivity contribution in [1.82, 2.24) is 10.4 Å². The quantitative estimate of drug-likeness (QED) is 0.348. The molecule has 2 aromatic carbocycles. The Kier molecular flexibility index (Phi) is 7.24. The molecule has 7 heteroatoms. The predicted molar refractivity (Wildman–Crippen MR) is 118 cm³/mol. The predicted octanol–water partition coefficient (Wildman–Crippen LogP) is 3.49. The molecular formula is C24H23N3O4. The Morgan fingerprint density at radius 2 is 1.71 bits per heavy atom. The van der Waals surface area contributed by atoms with Gasteiger partial charge in [-0.3, -0.25) is 9.78 Å². The van der Waals surface area contributed by atoms with Gasteiger partial charge < -0.3 is 9.84 Å². The molecule has 0 radical (unpaired) electrons. The average Bonchev–Trinajstić information content (AvgIpc) is 2.79. The number of aromatic nitrogens is 1. The number of carbonyl (C=O) groups excluding carboxylic acids is 2. The number of ether oxygens (including phenoxy) is 1. The van der Waals surface area contributed by atoms with Gasteiger partial charge in [0.15, 0.2) is 0 Å². The van der Waals surface area contributed by atoms with E-state index in [2.05, 4.69) is 15.5 Å². The maximum absolute atomic E-state index is 13.1. The normalized spacial score (nSPS) is 10.8. The molecule has 7 nitrogen and oxygen atoms in total. The van der Waals surface area contributed by atoms with Gasteiger partial charge in [-0.1, -0.05) is 60.7 Å². The second-order valence-electron chi connectivity index (χ2n) is 6.62. The summed E-state index contributed by atoms with van der Waals surface area (Å²) in [5.41, 5.74) is 5.04. The minimum Gasteiger partial charge on any atom is -0.462 e. The smallest absolute Gasteiger partial charge is 0.340 e. The Morgan fingerprint density at radius 1 is 1.06 bits per heavy atom. The minimum absolute atomic E-state index is 0.0764. The average molecular weight is 417 g/mol. The van der Waals surface area contributed by atoms with E-state index in [1.807, 2.05) is 36.4 Å². The van der Waals surface area contributed by atoms with Gasteiger partial charge in [0.25, 0.3) is 5.91 Å². The Hall–Kier alpha value is -3.84. The molecule has 2 N–H and O–H groups in total. The highest BCUT2D eigenvalue weighted by molar-refractivity contribution is 6.09. The number of hydrogen-bond acceptors (Lipinski definition) is 6. The lowest BCUT2D eigenvalue weighted by molar-refractivity contribution is 0.0525. The van der Waals surface area contributed by atoms with Gasteiger partial charge in [0, 0.05) is 5.56 Å². The van der Waals surface area contributed by atoms with E-state index in [4.69, 9.17) is 4.74 Å². The van der Waals surface area contributed by atoms with Gasteiger partial charge in [0.05, 0.1) is 41.9 Å². The molecule has 0 aliphatic heterocycles. The van der Waals surface area contributed by atoms with Crippen molar-refractivity contribution in [3.63, 3.8) is 0 Å². The number of carbonyl (C=O) groups is 2. The summed E-state index contributed by atoms with van der Waals surface area (Å²) in [4.78, 5) is 30.2. The molecule has 0 fully saturated rings. The van der Waals surface area contributed by atoms with Gasteiger partial charge in [-0.25, -0.2) is 10.2 Å². The van der Waals surface area contributed by atoms with Crippen molar-refractivity contribution < 1.29 is 19.4 Å². The first-order valence-electron chi connectivity index (χ1n) is 9.82. The topological polar surface area (TPSA) is 101 Å². The molecule has 0 spiro atoms. The van der Waals surface area contributed by atoms with E-state index in [9.17, 15) is 14.7 Å². The van der Waals surface area contributed by atoms with E-state index in [0.29, 0.717) is 16.8 Å². The Balaban J connectivity index is 2.13. The highest BCUT2D eigenvalue weighted by Gasteiger charge is 2.27. The number of esters is 1. The van der Waals surface area contributed by atoms with Crippen LogP contribution in [0.15, 0.2) is 65.8 Å². The maximum atomic E-state index is 13.1. The van der Waals surface area contributed by atoms with Crippen molar-refractivity contribution in [3.8, 4) is 11.1 Å². The first kappa shape index (κ1) is 21.9. The zero-order valence-corrected chi connectivity index (χ0v) is 17.3. The summed E-state index contributed by atoms with van der Waals surface area (Å²) in [6.45, 7) is 3.05. The number of nitrogens with one attached hydrogen (secondary N) is 1. The standard InChI is InChI=1S/C24H23N3O4/c1-3-31-24(30)20-16(2)26-19(15-28)22(21(20)18-12-8-5-9-13-18)23(29)27-25-14-17-10-6-4-7-11-17/h4-14,28H,3,15H2,1-2H3,(H,27,29)/b25-14+. The number of benzene rings is 2. The van der Waals surface area contributed by atoms with E-state index >= 15 is 0 Å². The van der Waals surface area contributed by atoms with Crippen LogP contribution in [0.25, 0.3) is 11.1 Å². The van der Waals surface area contributed by atoms with Crippen LogP contribution in [0.2, 0.25) is 0 Å². The number of aliphatic hydroxyl groups excluding tert-OH is 1. The number of rotatable bonds is 7. The fourth-order valence-corrected chi connectivity index (χ4v) is 3.23. The third-order valence-electron chi connectivity index (χ3n) is 4.55. The summed E-state index contributed by atoms with van der Waals surface area (Å²) >= 11 is 0. The number of nitrogens with zero attached hydrogens (tertiary/aromatic N) is 2. The zero-order valence-electron chi connectivity index (χ0n) is 17.3. The maximum Gasteiger partial charge on any atom is 0.340 e. The number of hydrogen-bond donors (Lipinski definition) is 2.